The summed E-state index contributed by atoms with van der Waals surface area (Å²) < 4.78 is 34.4. The van der Waals surface area contributed by atoms with E-state index < -0.39 is 12.3 Å². The van der Waals surface area contributed by atoms with E-state index in [0.29, 0.717) is 18.1 Å². The van der Waals surface area contributed by atoms with Crippen molar-refractivity contribution in [2.45, 2.75) is 102 Å². The van der Waals surface area contributed by atoms with Gasteiger partial charge in [-0.2, -0.15) is 0 Å². The third kappa shape index (κ3) is 13.9. The Morgan fingerprint density at radius 1 is 0.541 bits per heavy atom. The minimum atomic E-state index is -1.62. The fraction of sp³-hybridized carbons (Fsp3) is 0.625. The molecule has 5 heteroatoms. The minimum Gasteiger partial charge on any atom is -0.490 e. The van der Waals surface area contributed by atoms with Crippen molar-refractivity contribution < 1.29 is 23.7 Å². The first-order valence-corrected chi connectivity index (χ1v) is 14.4. The van der Waals surface area contributed by atoms with Crippen molar-refractivity contribution in [2.75, 3.05) is 19.8 Å². The summed E-state index contributed by atoms with van der Waals surface area (Å²) in [5, 5.41) is 17.9. The normalized spacial score (nSPS) is 13.1. The van der Waals surface area contributed by atoms with Gasteiger partial charge in [0.1, 0.15) is 18.5 Å². The van der Waals surface area contributed by atoms with Crippen LogP contribution < -0.4 is 4.74 Å². The topological polar surface area (TPSA) is 49.7 Å². The predicted octanol–water partition coefficient (Wildman–Crippen LogP) is 8.47. The number of ether oxygens (including phenoxy) is 1. The molecule has 2 rings (SSSR count). The molecule has 2 unspecified atom stereocenters. The molecule has 0 saturated heterocycles. The quantitative estimate of drug-likeness (QED) is 0.154. The molecule has 2 N–H and O–H groups in total. The lowest BCUT2D eigenvalue weighted by Gasteiger charge is -2.18. The monoisotopic (exact) mass is 518 g/mol. The largest absolute Gasteiger partial charge is 0.490 e. The molecule has 2 atom stereocenters. The molecule has 0 fully saturated rings. The average Bonchev–Trinajstić information content (AvgIpc) is 2.93. The number of halogens is 2. The molecular weight excluding hydrogens is 470 g/mol. The second-order valence-electron chi connectivity index (χ2n) is 10.2. The zero-order valence-corrected chi connectivity index (χ0v) is 22.5. The molecule has 0 aliphatic heterocycles. The molecule has 2 aromatic carbocycles. The van der Waals surface area contributed by atoms with Crippen molar-refractivity contribution in [3.05, 3.63) is 54.6 Å². The van der Waals surface area contributed by atoms with Gasteiger partial charge in [-0.1, -0.05) is 113 Å². The molecule has 0 aliphatic carbocycles. The molecule has 0 heterocycles. The highest BCUT2D eigenvalue weighted by atomic mass is 19.2. The third-order valence-electron chi connectivity index (χ3n) is 7.15. The zero-order chi connectivity index (χ0) is 26.6. The summed E-state index contributed by atoms with van der Waals surface area (Å²) in [7, 11) is 0. The van der Waals surface area contributed by atoms with Crippen molar-refractivity contribution in [1.29, 1.82) is 0 Å². The van der Waals surface area contributed by atoms with Gasteiger partial charge in [0.05, 0.1) is 0 Å². The number of benzene rings is 2. The van der Waals surface area contributed by atoms with Crippen LogP contribution in [0.2, 0.25) is 0 Å². The minimum absolute atomic E-state index is 0.233. The number of aliphatic hydroxyl groups excluding tert-OH is 2. The highest BCUT2D eigenvalue weighted by Gasteiger charge is 2.21. The van der Waals surface area contributed by atoms with Gasteiger partial charge in [-0.25, -0.2) is 8.78 Å². The van der Waals surface area contributed by atoms with Crippen LogP contribution in [0.15, 0.2) is 54.6 Å². The maximum absolute atomic E-state index is 14.5. The van der Waals surface area contributed by atoms with Gasteiger partial charge >= 0.3 is 0 Å². The van der Waals surface area contributed by atoms with Crippen LogP contribution in [0.5, 0.6) is 5.75 Å². The summed E-state index contributed by atoms with van der Waals surface area (Å²) in [5.74, 6) is 1.18. The van der Waals surface area contributed by atoms with E-state index in [9.17, 15) is 8.78 Å². The standard InChI is InChI=1S/C32H48F2O3/c33-31(32(34)26-37-30-22-20-29(21-23-30)28-17-8-5-9-18-28)19-11-10-16-27(14-6-1-3-12-24-35)15-7-2-4-13-25-36/h5,8-9,17-18,20-23,27,31-32,35-36H,1-4,6-7,10-16,19,24-26H2. The van der Waals surface area contributed by atoms with Crippen LogP contribution in [0, 0.1) is 5.92 Å². The second kappa shape index (κ2) is 20.0. The lowest BCUT2D eigenvalue weighted by Crippen LogP contribution is -2.24. The molecule has 0 radical (unpaired) electrons. The first-order valence-electron chi connectivity index (χ1n) is 14.4. The number of alkyl halides is 2. The summed E-state index contributed by atoms with van der Waals surface area (Å²) in [6.07, 6.45) is 10.7. The van der Waals surface area contributed by atoms with Gasteiger partial charge in [-0.05, 0) is 48.4 Å². The summed E-state index contributed by atoms with van der Waals surface area (Å²) >= 11 is 0. The number of hydrogen-bond acceptors (Lipinski definition) is 3. The highest BCUT2D eigenvalue weighted by molar-refractivity contribution is 5.63. The summed E-state index contributed by atoms with van der Waals surface area (Å²) in [5.41, 5.74) is 2.16. The van der Waals surface area contributed by atoms with Gasteiger partial charge in [0.15, 0.2) is 6.17 Å². The van der Waals surface area contributed by atoms with Gasteiger partial charge in [0.25, 0.3) is 0 Å². The molecular formula is C32H48F2O3. The molecule has 0 aromatic heterocycles. The van der Waals surface area contributed by atoms with Crippen LogP contribution in [0.1, 0.15) is 89.9 Å². The van der Waals surface area contributed by atoms with Crippen LogP contribution >= 0.6 is 0 Å². The molecule has 0 spiro atoms. The van der Waals surface area contributed by atoms with Crippen molar-refractivity contribution in [2.24, 2.45) is 5.92 Å². The highest BCUT2D eigenvalue weighted by Crippen LogP contribution is 2.26. The van der Waals surface area contributed by atoms with E-state index in [2.05, 4.69) is 0 Å². The Labute approximate surface area is 223 Å². The summed E-state index contributed by atoms with van der Waals surface area (Å²) in [6, 6.07) is 17.5. The van der Waals surface area contributed by atoms with Crippen LogP contribution in [0.3, 0.4) is 0 Å². The lowest BCUT2D eigenvalue weighted by atomic mass is 9.89. The first kappa shape index (κ1) is 31.2. The van der Waals surface area contributed by atoms with E-state index in [1.54, 1.807) is 12.1 Å². The SMILES string of the molecule is OCCCCCCC(CCCCCCO)CCCCC(F)C(F)COc1ccc(-c2ccccc2)cc1. The summed E-state index contributed by atoms with van der Waals surface area (Å²) in [6.45, 7) is 0.260. The molecule has 2 aromatic rings. The molecule has 37 heavy (non-hydrogen) atoms. The molecule has 3 nitrogen and oxygen atoms in total. The van der Waals surface area contributed by atoms with E-state index >= 15 is 0 Å². The van der Waals surface area contributed by atoms with Crippen LogP contribution in [-0.2, 0) is 0 Å². The zero-order valence-electron chi connectivity index (χ0n) is 22.5. The lowest BCUT2D eigenvalue weighted by molar-refractivity contribution is 0.101. The van der Waals surface area contributed by atoms with Crippen LogP contribution in [0.4, 0.5) is 8.78 Å². The Morgan fingerprint density at radius 3 is 1.59 bits per heavy atom. The van der Waals surface area contributed by atoms with E-state index in [-0.39, 0.29) is 26.2 Å². The maximum Gasteiger partial charge on any atom is 0.165 e. The summed E-state index contributed by atoms with van der Waals surface area (Å²) in [4.78, 5) is 0. The van der Waals surface area contributed by atoms with Gasteiger partial charge in [-0.3, -0.25) is 0 Å². The Kier molecular flexibility index (Phi) is 16.9. The third-order valence-corrected chi connectivity index (χ3v) is 7.15. The molecule has 0 saturated carbocycles. The second-order valence-corrected chi connectivity index (χ2v) is 10.2. The van der Waals surface area contributed by atoms with Crippen LogP contribution in [0.25, 0.3) is 11.1 Å². The Hall–Kier alpha value is -1.98. The maximum atomic E-state index is 14.5. The van der Waals surface area contributed by atoms with Gasteiger partial charge in [-0.15, -0.1) is 0 Å². The van der Waals surface area contributed by atoms with Crippen molar-refractivity contribution in [1.82, 2.24) is 0 Å². The predicted molar refractivity (Wildman–Crippen MR) is 149 cm³/mol. The fourth-order valence-electron chi connectivity index (χ4n) is 4.84. The Morgan fingerprint density at radius 2 is 1.03 bits per heavy atom. The van der Waals surface area contributed by atoms with Gasteiger partial charge < -0.3 is 14.9 Å². The van der Waals surface area contributed by atoms with Crippen molar-refractivity contribution in [3.8, 4) is 16.9 Å². The number of aliphatic hydroxyl groups is 2. The van der Waals surface area contributed by atoms with E-state index in [4.69, 9.17) is 14.9 Å². The smallest absolute Gasteiger partial charge is 0.165 e. The van der Waals surface area contributed by atoms with Crippen LogP contribution in [-0.4, -0.2) is 42.4 Å². The fourth-order valence-corrected chi connectivity index (χ4v) is 4.84. The average molecular weight is 519 g/mol. The molecule has 208 valence electrons. The Bertz CT molecular complexity index is 770. The van der Waals surface area contributed by atoms with E-state index in [1.165, 1.54) is 25.7 Å². The van der Waals surface area contributed by atoms with Gasteiger partial charge in [0, 0.05) is 13.2 Å². The first-order chi connectivity index (χ1) is 18.1. The van der Waals surface area contributed by atoms with Crippen molar-refractivity contribution >= 4 is 0 Å². The number of hydrogen-bond donors (Lipinski definition) is 2. The van der Waals surface area contributed by atoms with E-state index in [0.717, 1.165) is 62.5 Å². The molecule has 0 amide bonds. The van der Waals surface area contributed by atoms with E-state index in [1.807, 2.05) is 42.5 Å². The number of unbranched alkanes of at least 4 members (excludes halogenated alkanes) is 7. The Balaban J connectivity index is 1.65. The molecule has 0 bridgehead atoms. The van der Waals surface area contributed by atoms with Crippen molar-refractivity contribution in [3.63, 3.8) is 0 Å². The van der Waals surface area contributed by atoms with Gasteiger partial charge in [0.2, 0.25) is 0 Å². The number of rotatable bonds is 22. The molecule has 0 aliphatic rings.